The quantitative estimate of drug-likeness (QED) is 0.596. The molecule has 1 saturated carbocycles. The summed E-state index contributed by atoms with van der Waals surface area (Å²) in [6.07, 6.45) is 9.44. The molecule has 1 aromatic rings. The summed E-state index contributed by atoms with van der Waals surface area (Å²) in [7, 11) is 0. The Hall–Kier alpha value is -0.800. The van der Waals surface area contributed by atoms with E-state index >= 15 is 0 Å². The maximum atomic E-state index is 6.09. The van der Waals surface area contributed by atoms with Crippen LogP contribution in [0.25, 0.3) is 0 Å². The lowest BCUT2D eigenvalue weighted by atomic mass is 10.1. The molecule has 0 amide bonds. The Morgan fingerprint density at radius 1 is 1.25 bits per heavy atom. The summed E-state index contributed by atoms with van der Waals surface area (Å²) < 4.78 is 11.9. The number of hydrogen-bond acceptors (Lipinski definition) is 3. The van der Waals surface area contributed by atoms with Crippen LogP contribution in [0.2, 0.25) is 0 Å². The van der Waals surface area contributed by atoms with Crippen LogP contribution in [-0.4, -0.2) is 12.6 Å². The Labute approximate surface area is 123 Å². The number of nitrogens with one attached hydrogen (secondary N) is 1. The highest BCUT2D eigenvalue weighted by atomic mass is 16.5. The van der Waals surface area contributed by atoms with Crippen molar-refractivity contribution in [3.8, 4) is 0 Å². The fourth-order valence-electron chi connectivity index (χ4n) is 2.82. The van der Waals surface area contributed by atoms with Gasteiger partial charge >= 0.3 is 0 Å². The van der Waals surface area contributed by atoms with E-state index in [9.17, 15) is 0 Å². The van der Waals surface area contributed by atoms with Crippen LogP contribution in [0.1, 0.15) is 69.0 Å². The zero-order chi connectivity index (χ0) is 14.2. The van der Waals surface area contributed by atoms with E-state index in [1.807, 2.05) is 6.92 Å². The summed E-state index contributed by atoms with van der Waals surface area (Å²) in [6.45, 7) is 6.76. The van der Waals surface area contributed by atoms with Crippen molar-refractivity contribution in [3.63, 3.8) is 0 Å². The number of aryl methyl sites for hydroxylation is 1. The Morgan fingerprint density at radius 2 is 2.00 bits per heavy atom. The molecule has 3 heteroatoms. The second-order valence-electron chi connectivity index (χ2n) is 5.90. The lowest BCUT2D eigenvalue weighted by molar-refractivity contribution is 0.0304. The summed E-state index contributed by atoms with van der Waals surface area (Å²) in [5.41, 5.74) is 1.21. The van der Waals surface area contributed by atoms with Gasteiger partial charge in [-0.15, -0.1) is 0 Å². The molecule has 2 rings (SSSR count). The molecule has 3 nitrogen and oxygen atoms in total. The van der Waals surface area contributed by atoms with Crippen molar-refractivity contribution in [1.29, 1.82) is 0 Å². The maximum Gasteiger partial charge on any atom is 0.118 e. The molecule has 1 aliphatic carbocycles. The average molecular weight is 279 g/mol. The molecular weight excluding hydrogens is 250 g/mol. The standard InChI is InChI=1S/C17H29NO2/c1-3-10-18-12-17-11-15(14(2)20-17)13-19-16-8-6-4-5-7-9-16/h11,16,18H,3-10,12-13H2,1-2H3. The van der Waals surface area contributed by atoms with Gasteiger partial charge in [0.2, 0.25) is 0 Å². The summed E-state index contributed by atoms with van der Waals surface area (Å²) in [5, 5.41) is 3.37. The van der Waals surface area contributed by atoms with Crippen LogP contribution in [0.3, 0.4) is 0 Å². The van der Waals surface area contributed by atoms with E-state index in [0.29, 0.717) is 12.7 Å². The van der Waals surface area contributed by atoms with Crippen molar-refractivity contribution >= 4 is 0 Å². The third kappa shape index (κ3) is 4.95. The van der Waals surface area contributed by atoms with Gasteiger partial charge in [-0.25, -0.2) is 0 Å². The van der Waals surface area contributed by atoms with E-state index in [2.05, 4.69) is 18.3 Å². The second kappa shape index (κ2) is 8.48. The van der Waals surface area contributed by atoms with E-state index in [-0.39, 0.29) is 0 Å². The van der Waals surface area contributed by atoms with Crippen LogP contribution in [0.4, 0.5) is 0 Å². The number of rotatable bonds is 7. The van der Waals surface area contributed by atoms with Gasteiger partial charge in [-0.2, -0.15) is 0 Å². The second-order valence-corrected chi connectivity index (χ2v) is 5.90. The molecule has 1 N–H and O–H groups in total. The van der Waals surface area contributed by atoms with Gasteiger partial charge in [-0.3, -0.25) is 0 Å². The molecule has 1 aromatic heterocycles. The van der Waals surface area contributed by atoms with Gasteiger partial charge in [0.15, 0.2) is 0 Å². The Balaban J connectivity index is 1.79. The first kappa shape index (κ1) is 15.6. The topological polar surface area (TPSA) is 34.4 Å². The fourth-order valence-corrected chi connectivity index (χ4v) is 2.82. The minimum atomic E-state index is 0.452. The highest BCUT2D eigenvalue weighted by Crippen LogP contribution is 2.22. The summed E-state index contributed by atoms with van der Waals surface area (Å²) >= 11 is 0. The van der Waals surface area contributed by atoms with Crippen molar-refractivity contribution < 1.29 is 9.15 Å². The molecule has 1 aliphatic rings. The maximum absolute atomic E-state index is 6.09. The Morgan fingerprint density at radius 3 is 2.70 bits per heavy atom. The summed E-state index contributed by atoms with van der Waals surface area (Å²) in [5.74, 6) is 2.03. The molecule has 0 bridgehead atoms. The molecule has 0 aliphatic heterocycles. The summed E-state index contributed by atoms with van der Waals surface area (Å²) in [4.78, 5) is 0. The average Bonchev–Trinajstić information content (AvgIpc) is 2.66. The number of hydrogen-bond donors (Lipinski definition) is 1. The largest absolute Gasteiger partial charge is 0.465 e. The highest BCUT2D eigenvalue weighted by Gasteiger charge is 2.14. The molecule has 0 saturated heterocycles. The number of ether oxygens (including phenoxy) is 1. The lowest BCUT2D eigenvalue weighted by Gasteiger charge is -2.14. The van der Waals surface area contributed by atoms with Crippen LogP contribution in [0, 0.1) is 6.92 Å². The first-order chi connectivity index (χ1) is 9.79. The van der Waals surface area contributed by atoms with E-state index in [0.717, 1.165) is 31.0 Å². The SMILES string of the molecule is CCCNCc1cc(COC2CCCCCC2)c(C)o1. The van der Waals surface area contributed by atoms with Crippen molar-refractivity contribution in [2.24, 2.45) is 0 Å². The van der Waals surface area contributed by atoms with E-state index in [1.54, 1.807) is 0 Å². The lowest BCUT2D eigenvalue weighted by Crippen LogP contribution is -2.13. The van der Waals surface area contributed by atoms with Crippen molar-refractivity contribution in [2.75, 3.05) is 6.54 Å². The molecular formula is C17H29NO2. The zero-order valence-electron chi connectivity index (χ0n) is 13.0. The van der Waals surface area contributed by atoms with Crippen LogP contribution >= 0.6 is 0 Å². The predicted octanol–water partition coefficient (Wildman–Crippen LogP) is 4.33. The van der Waals surface area contributed by atoms with Gasteiger partial charge in [0.05, 0.1) is 19.3 Å². The van der Waals surface area contributed by atoms with Gasteiger partial charge < -0.3 is 14.5 Å². The molecule has 114 valence electrons. The van der Waals surface area contributed by atoms with E-state index in [4.69, 9.17) is 9.15 Å². The van der Waals surface area contributed by atoms with Crippen LogP contribution in [-0.2, 0) is 17.9 Å². The minimum Gasteiger partial charge on any atom is -0.465 e. The first-order valence-electron chi connectivity index (χ1n) is 8.20. The minimum absolute atomic E-state index is 0.452. The third-order valence-corrected chi connectivity index (χ3v) is 4.07. The predicted molar refractivity (Wildman–Crippen MR) is 81.7 cm³/mol. The van der Waals surface area contributed by atoms with Gasteiger partial charge in [0.1, 0.15) is 11.5 Å². The van der Waals surface area contributed by atoms with Crippen LogP contribution < -0.4 is 5.32 Å². The molecule has 1 fully saturated rings. The third-order valence-electron chi connectivity index (χ3n) is 4.07. The molecule has 0 aromatic carbocycles. The van der Waals surface area contributed by atoms with Crippen molar-refractivity contribution in [2.45, 2.75) is 78.0 Å². The first-order valence-corrected chi connectivity index (χ1v) is 8.20. The van der Waals surface area contributed by atoms with Crippen LogP contribution in [0.5, 0.6) is 0 Å². The zero-order valence-corrected chi connectivity index (χ0v) is 13.0. The Kier molecular flexibility index (Phi) is 6.61. The van der Waals surface area contributed by atoms with Gasteiger partial charge in [-0.05, 0) is 38.8 Å². The summed E-state index contributed by atoms with van der Waals surface area (Å²) in [6, 6.07) is 2.15. The van der Waals surface area contributed by atoms with Gasteiger partial charge in [0.25, 0.3) is 0 Å². The molecule has 0 spiro atoms. The molecule has 1 heterocycles. The fraction of sp³-hybridized carbons (Fsp3) is 0.765. The molecule has 0 radical (unpaired) electrons. The molecule has 20 heavy (non-hydrogen) atoms. The van der Waals surface area contributed by atoms with Gasteiger partial charge in [-0.1, -0.05) is 32.6 Å². The Bertz CT molecular complexity index is 378. The highest BCUT2D eigenvalue weighted by molar-refractivity contribution is 5.20. The van der Waals surface area contributed by atoms with E-state index in [1.165, 1.54) is 44.1 Å². The normalized spacial score (nSPS) is 17.3. The van der Waals surface area contributed by atoms with Crippen molar-refractivity contribution in [3.05, 3.63) is 23.2 Å². The molecule has 0 unspecified atom stereocenters. The van der Waals surface area contributed by atoms with Crippen molar-refractivity contribution in [1.82, 2.24) is 5.32 Å². The number of furan rings is 1. The smallest absolute Gasteiger partial charge is 0.118 e. The van der Waals surface area contributed by atoms with Gasteiger partial charge in [0, 0.05) is 5.56 Å². The monoisotopic (exact) mass is 279 g/mol. The molecule has 0 atom stereocenters. The van der Waals surface area contributed by atoms with E-state index < -0.39 is 0 Å². The van der Waals surface area contributed by atoms with Crippen LogP contribution in [0.15, 0.2) is 10.5 Å².